The fourth-order valence-electron chi connectivity index (χ4n) is 4.97. The first-order chi connectivity index (χ1) is 8.98. The predicted molar refractivity (Wildman–Crippen MR) is 62.0 cm³/mol. The quantitative estimate of drug-likeness (QED) is 0.642. The number of alkyl halides is 4. The van der Waals surface area contributed by atoms with Crippen LogP contribution in [0, 0.1) is 23.2 Å². The maximum Gasteiger partial charge on any atom is 0.432 e. The van der Waals surface area contributed by atoms with Crippen LogP contribution in [-0.4, -0.2) is 24.1 Å². The van der Waals surface area contributed by atoms with E-state index in [2.05, 4.69) is 0 Å². The lowest BCUT2D eigenvalue weighted by molar-refractivity contribution is -0.272. The van der Waals surface area contributed by atoms with Crippen molar-refractivity contribution in [2.24, 2.45) is 23.2 Å². The summed E-state index contributed by atoms with van der Waals surface area (Å²) in [4.78, 5) is 0. The second-order valence-electron chi connectivity index (χ2n) is 6.76. The molecular weight excluding hydrogens is 300 g/mol. The molecule has 0 unspecified atom stereocenters. The molecule has 0 aromatic carbocycles. The molecule has 0 spiro atoms. The van der Waals surface area contributed by atoms with E-state index in [4.69, 9.17) is 4.55 Å². The van der Waals surface area contributed by atoms with Gasteiger partial charge in [0.15, 0.2) is 0 Å². The van der Waals surface area contributed by atoms with E-state index in [-0.39, 0.29) is 37.0 Å². The molecule has 0 aromatic rings. The van der Waals surface area contributed by atoms with Gasteiger partial charge in [-0.05, 0) is 56.3 Å². The highest BCUT2D eigenvalue weighted by atomic mass is 32.2. The molecule has 20 heavy (non-hydrogen) atoms. The maximum atomic E-state index is 14.4. The molecule has 4 fully saturated rings. The summed E-state index contributed by atoms with van der Waals surface area (Å²) in [7, 11) is -6.14. The minimum Gasteiger partial charge on any atom is -0.281 e. The Morgan fingerprint density at radius 2 is 1.25 bits per heavy atom. The standard InChI is InChI=1S/C12H16F4O3S/c13-11(14,12(15,16)20(17,18)19)10-4-7-1-8(5-10)3-9(2-7)6-10/h7-9H,1-6H2,(H,17,18,19). The molecule has 0 atom stereocenters. The smallest absolute Gasteiger partial charge is 0.281 e. The molecule has 0 heterocycles. The van der Waals surface area contributed by atoms with Crippen LogP contribution >= 0.6 is 0 Å². The van der Waals surface area contributed by atoms with Gasteiger partial charge in [-0.25, -0.2) is 0 Å². The van der Waals surface area contributed by atoms with Crippen LogP contribution in [0.4, 0.5) is 17.6 Å². The van der Waals surface area contributed by atoms with E-state index >= 15 is 0 Å². The Kier molecular flexibility index (Phi) is 2.83. The number of rotatable bonds is 3. The van der Waals surface area contributed by atoms with Gasteiger partial charge in [-0.15, -0.1) is 0 Å². The summed E-state index contributed by atoms with van der Waals surface area (Å²) in [5.41, 5.74) is -1.99. The largest absolute Gasteiger partial charge is 0.432 e. The molecule has 4 rings (SSSR count). The fraction of sp³-hybridized carbons (Fsp3) is 1.00. The van der Waals surface area contributed by atoms with Crippen molar-refractivity contribution in [2.75, 3.05) is 0 Å². The van der Waals surface area contributed by atoms with Crippen molar-refractivity contribution in [3.63, 3.8) is 0 Å². The third-order valence-electron chi connectivity index (χ3n) is 5.39. The van der Waals surface area contributed by atoms with E-state index < -0.39 is 26.7 Å². The van der Waals surface area contributed by atoms with Crippen molar-refractivity contribution in [1.29, 1.82) is 0 Å². The SMILES string of the molecule is O=S(=O)(O)C(F)(F)C(F)(F)C12CC3CC(CC(C3)C1)C2. The van der Waals surface area contributed by atoms with Crippen molar-refractivity contribution >= 4 is 10.1 Å². The highest BCUT2D eigenvalue weighted by Gasteiger charge is 2.76. The lowest BCUT2D eigenvalue weighted by Gasteiger charge is -2.59. The second-order valence-corrected chi connectivity index (χ2v) is 8.23. The van der Waals surface area contributed by atoms with Gasteiger partial charge in [0.1, 0.15) is 0 Å². The number of hydrogen-bond donors (Lipinski definition) is 1. The van der Waals surface area contributed by atoms with Gasteiger partial charge in [-0.3, -0.25) is 4.55 Å². The van der Waals surface area contributed by atoms with Crippen LogP contribution in [0.3, 0.4) is 0 Å². The Morgan fingerprint density at radius 3 is 1.55 bits per heavy atom. The van der Waals surface area contributed by atoms with Crippen LogP contribution < -0.4 is 0 Å². The predicted octanol–water partition coefficient (Wildman–Crippen LogP) is 3.32. The zero-order chi connectivity index (χ0) is 15.0. The average Bonchev–Trinajstić information content (AvgIpc) is 2.24. The molecule has 1 N–H and O–H groups in total. The van der Waals surface area contributed by atoms with Crippen molar-refractivity contribution in [1.82, 2.24) is 0 Å². The molecular formula is C12H16F4O3S. The summed E-state index contributed by atoms with van der Waals surface area (Å²) >= 11 is 0. The van der Waals surface area contributed by atoms with E-state index in [1.165, 1.54) is 0 Å². The maximum absolute atomic E-state index is 14.4. The molecule has 0 aliphatic heterocycles. The van der Waals surface area contributed by atoms with Crippen molar-refractivity contribution in [3.05, 3.63) is 0 Å². The summed E-state index contributed by atoms with van der Waals surface area (Å²) in [6.07, 6.45) is 2.09. The second kappa shape index (κ2) is 3.88. The van der Waals surface area contributed by atoms with Gasteiger partial charge in [-0.2, -0.15) is 26.0 Å². The van der Waals surface area contributed by atoms with E-state index in [0.717, 1.165) is 19.3 Å². The molecule has 4 saturated carbocycles. The molecule has 0 amide bonds. The molecule has 0 radical (unpaired) electrons. The Labute approximate surface area is 114 Å². The molecule has 0 saturated heterocycles. The van der Waals surface area contributed by atoms with Crippen molar-refractivity contribution in [2.45, 2.75) is 49.7 Å². The van der Waals surface area contributed by atoms with E-state index in [0.29, 0.717) is 0 Å². The zero-order valence-electron chi connectivity index (χ0n) is 10.7. The highest BCUT2D eigenvalue weighted by molar-refractivity contribution is 7.87. The first-order valence-electron chi connectivity index (χ1n) is 6.71. The van der Waals surface area contributed by atoms with Crippen LogP contribution in [0.25, 0.3) is 0 Å². The van der Waals surface area contributed by atoms with Gasteiger partial charge in [0, 0.05) is 5.41 Å². The molecule has 116 valence electrons. The van der Waals surface area contributed by atoms with Gasteiger partial charge in [-0.1, -0.05) is 0 Å². The summed E-state index contributed by atoms with van der Waals surface area (Å²) in [6.45, 7) is 0. The van der Waals surface area contributed by atoms with Gasteiger partial charge in [0.25, 0.3) is 0 Å². The Morgan fingerprint density at radius 1 is 0.900 bits per heavy atom. The molecule has 4 aliphatic carbocycles. The summed E-state index contributed by atoms with van der Waals surface area (Å²) in [5, 5.41) is -5.42. The van der Waals surface area contributed by atoms with Crippen LogP contribution in [0.5, 0.6) is 0 Å². The molecule has 4 bridgehead atoms. The van der Waals surface area contributed by atoms with E-state index in [9.17, 15) is 26.0 Å². The third-order valence-corrected chi connectivity index (χ3v) is 6.30. The van der Waals surface area contributed by atoms with Crippen LogP contribution in [0.1, 0.15) is 38.5 Å². The molecule has 8 heteroatoms. The van der Waals surface area contributed by atoms with E-state index in [1.54, 1.807) is 0 Å². The van der Waals surface area contributed by atoms with Crippen LogP contribution in [0.2, 0.25) is 0 Å². The van der Waals surface area contributed by atoms with Gasteiger partial charge in [0.05, 0.1) is 0 Å². The summed E-state index contributed by atoms with van der Waals surface area (Å²) in [6, 6.07) is 0. The summed E-state index contributed by atoms with van der Waals surface area (Å²) < 4.78 is 85.9. The fourth-order valence-corrected chi connectivity index (χ4v) is 5.51. The van der Waals surface area contributed by atoms with Gasteiger partial charge >= 0.3 is 21.3 Å². The first-order valence-corrected chi connectivity index (χ1v) is 8.15. The Bertz CT molecular complexity index is 494. The zero-order valence-corrected chi connectivity index (χ0v) is 11.5. The summed E-state index contributed by atoms with van der Waals surface area (Å²) in [5.74, 6) is -4.80. The minimum absolute atomic E-state index is 0.0238. The lowest BCUT2D eigenvalue weighted by Crippen LogP contribution is -2.63. The molecule has 3 nitrogen and oxygen atoms in total. The number of halogens is 4. The lowest BCUT2D eigenvalue weighted by atomic mass is 9.48. The topological polar surface area (TPSA) is 54.4 Å². The number of hydrogen-bond acceptors (Lipinski definition) is 2. The van der Waals surface area contributed by atoms with Crippen molar-refractivity contribution in [3.8, 4) is 0 Å². The first kappa shape index (κ1) is 14.6. The van der Waals surface area contributed by atoms with Crippen LogP contribution in [-0.2, 0) is 10.1 Å². The molecule has 0 aromatic heterocycles. The molecule has 4 aliphatic rings. The van der Waals surface area contributed by atoms with E-state index in [1.807, 2.05) is 0 Å². The van der Waals surface area contributed by atoms with Crippen LogP contribution in [0.15, 0.2) is 0 Å². The van der Waals surface area contributed by atoms with Gasteiger partial charge < -0.3 is 0 Å². The Balaban J connectivity index is 2.03. The Hall–Kier alpha value is -0.370. The van der Waals surface area contributed by atoms with Gasteiger partial charge in [0.2, 0.25) is 0 Å². The highest BCUT2D eigenvalue weighted by Crippen LogP contribution is 2.67. The normalized spacial score (nSPS) is 41.1. The van der Waals surface area contributed by atoms with Crippen molar-refractivity contribution < 1.29 is 30.5 Å². The monoisotopic (exact) mass is 316 g/mol. The average molecular weight is 316 g/mol. The minimum atomic E-state index is -6.14. The third kappa shape index (κ3) is 1.70.